The van der Waals surface area contributed by atoms with Crippen molar-refractivity contribution in [1.29, 1.82) is 0 Å². The van der Waals surface area contributed by atoms with Crippen LogP contribution in [0, 0.1) is 11.8 Å². The molecule has 0 bridgehead atoms. The fourth-order valence-electron chi connectivity index (χ4n) is 3.68. The first-order chi connectivity index (χ1) is 9.52. The number of rotatable bonds is 4. The molecule has 20 heavy (non-hydrogen) atoms. The van der Waals surface area contributed by atoms with Gasteiger partial charge in [0.25, 0.3) is 0 Å². The Balaban J connectivity index is 1.90. The molecular weight excluding hydrogens is 254 g/mol. The number of aliphatic hydroxyl groups excluding tert-OH is 1. The Labute approximate surface area is 122 Å². The zero-order valence-corrected chi connectivity index (χ0v) is 12.8. The summed E-state index contributed by atoms with van der Waals surface area (Å²) in [7, 11) is 0. The van der Waals surface area contributed by atoms with Crippen molar-refractivity contribution in [3.8, 4) is 0 Å². The number of hydrogen-bond donors (Lipinski definition) is 2. The third kappa shape index (κ3) is 3.51. The van der Waals surface area contributed by atoms with E-state index in [1.54, 1.807) is 0 Å². The van der Waals surface area contributed by atoms with Crippen LogP contribution >= 0.6 is 0 Å². The average molecular weight is 283 g/mol. The van der Waals surface area contributed by atoms with Crippen molar-refractivity contribution in [2.75, 3.05) is 32.7 Å². The molecule has 2 aliphatic rings. The molecule has 1 saturated carbocycles. The molecule has 1 aliphatic carbocycles. The lowest BCUT2D eigenvalue weighted by molar-refractivity contribution is -0.139. The van der Waals surface area contributed by atoms with Crippen LogP contribution in [-0.4, -0.2) is 65.7 Å². The molecule has 2 fully saturated rings. The van der Waals surface area contributed by atoms with Crippen molar-refractivity contribution >= 4 is 5.91 Å². The molecule has 1 heterocycles. The summed E-state index contributed by atoms with van der Waals surface area (Å²) in [5.41, 5.74) is 5.79. The van der Waals surface area contributed by atoms with Gasteiger partial charge in [-0.15, -0.1) is 0 Å². The third-order valence-corrected chi connectivity index (χ3v) is 4.85. The van der Waals surface area contributed by atoms with Crippen LogP contribution < -0.4 is 5.73 Å². The van der Waals surface area contributed by atoms with Crippen molar-refractivity contribution in [2.45, 2.75) is 45.3 Å². The van der Waals surface area contributed by atoms with E-state index in [4.69, 9.17) is 5.73 Å². The number of piperazine rings is 1. The molecule has 0 aromatic heterocycles. The van der Waals surface area contributed by atoms with E-state index in [0.29, 0.717) is 31.0 Å². The first-order valence-corrected chi connectivity index (χ1v) is 7.94. The van der Waals surface area contributed by atoms with E-state index in [2.05, 4.69) is 11.8 Å². The van der Waals surface area contributed by atoms with Gasteiger partial charge in [-0.25, -0.2) is 0 Å². The predicted octanol–water partition coefficient (Wildman–Crippen LogP) is 0.275. The zero-order chi connectivity index (χ0) is 14.7. The highest BCUT2D eigenvalue weighted by Crippen LogP contribution is 2.32. The Morgan fingerprint density at radius 2 is 2.15 bits per heavy atom. The van der Waals surface area contributed by atoms with E-state index in [1.165, 1.54) is 0 Å². The highest BCUT2D eigenvalue weighted by Gasteiger charge is 2.36. The normalized spacial score (nSPS) is 33.4. The molecule has 116 valence electrons. The van der Waals surface area contributed by atoms with Crippen LogP contribution in [0.2, 0.25) is 0 Å². The van der Waals surface area contributed by atoms with Gasteiger partial charge in [0.1, 0.15) is 0 Å². The summed E-state index contributed by atoms with van der Waals surface area (Å²) < 4.78 is 0. The van der Waals surface area contributed by atoms with Gasteiger partial charge < -0.3 is 15.7 Å². The number of carbonyl (C=O) groups is 1. The SMILES string of the molecule is CC(O)CN1CCN(C(=O)[C@@H]2CCC[C@@H]2CN)CC1C. The number of nitrogens with two attached hydrogens (primary N) is 1. The van der Waals surface area contributed by atoms with Gasteiger partial charge in [-0.2, -0.15) is 0 Å². The molecular formula is C15H29N3O2. The molecule has 5 nitrogen and oxygen atoms in total. The largest absolute Gasteiger partial charge is 0.392 e. The number of β-amino-alcohol motifs (C(OH)–C–C–N with tert-alkyl or cyclic N) is 1. The van der Waals surface area contributed by atoms with Gasteiger partial charge >= 0.3 is 0 Å². The van der Waals surface area contributed by atoms with E-state index in [0.717, 1.165) is 38.9 Å². The summed E-state index contributed by atoms with van der Waals surface area (Å²) in [6, 6.07) is 0.319. The molecule has 2 unspecified atom stereocenters. The lowest BCUT2D eigenvalue weighted by Gasteiger charge is -2.41. The van der Waals surface area contributed by atoms with Crippen LogP contribution in [0.1, 0.15) is 33.1 Å². The van der Waals surface area contributed by atoms with Crippen LogP contribution in [0.25, 0.3) is 0 Å². The number of carbonyl (C=O) groups excluding carboxylic acids is 1. The van der Waals surface area contributed by atoms with Crippen molar-refractivity contribution < 1.29 is 9.90 Å². The van der Waals surface area contributed by atoms with E-state index in [1.807, 2.05) is 11.8 Å². The highest BCUT2D eigenvalue weighted by atomic mass is 16.3. The lowest BCUT2D eigenvalue weighted by Crippen LogP contribution is -2.56. The van der Waals surface area contributed by atoms with Gasteiger partial charge in [-0.3, -0.25) is 9.69 Å². The van der Waals surface area contributed by atoms with E-state index < -0.39 is 0 Å². The Kier molecular flexibility index (Phi) is 5.41. The van der Waals surface area contributed by atoms with Gasteiger partial charge in [-0.1, -0.05) is 6.42 Å². The maximum atomic E-state index is 12.6. The molecule has 5 heteroatoms. The molecule has 3 N–H and O–H groups in total. The van der Waals surface area contributed by atoms with Crippen LogP contribution in [-0.2, 0) is 4.79 Å². The molecule has 0 spiro atoms. The fraction of sp³-hybridized carbons (Fsp3) is 0.933. The van der Waals surface area contributed by atoms with E-state index in [-0.39, 0.29) is 12.0 Å². The maximum absolute atomic E-state index is 12.6. The van der Waals surface area contributed by atoms with Crippen LogP contribution in [0.5, 0.6) is 0 Å². The molecule has 2 rings (SSSR count). The minimum atomic E-state index is -0.309. The minimum Gasteiger partial charge on any atom is -0.392 e. The van der Waals surface area contributed by atoms with Gasteiger partial charge in [0.2, 0.25) is 5.91 Å². The van der Waals surface area contributed by atoms with Gasteiger partial charge in [-0.05, 0) is 39.2 Å². The minimum absolute atomic E-state index is 0.149. The molecule has 1 aliphatic heterocycles. The van der Waals surface area contributed by atoms with Crippen LogP contribution in [0.15, 0.2) is 0 Å². The zero-order valence-electron chi connectivity index (χ0n) is 12.8. The van der Waals surface area contributed by atoms with Crippen molar-refractivity contribution in [3.05, 3.63) is 0 Å². The molecule has 0 aromatic rings. The standard InChI is InChI=1S/C15H29N3O2/c1-11-9-18(7-6-17(11)10-12(2)19)15(20)14-5-3-4-13(14)8-16/h11-14,19H,3-10,16H2,1-2H3/t11?,12?,13-,14-/m1/s1. The maximum Gasteiger partial charge on any atom is 0.226 e. The van der Waals surface area contributed by atoms with Crippen molar-refractivity contribution in [1.82, 2.24) is 9.80 Å². The molecule has 1 saturated heterocycles. The quantitative estimate of drug-likeness (QED) is 0.777. The average Bonchev–Trinajstić information content (AvgIpc) is 2.88. The van der Waals surface area contributed by atoms with Gasteiger partial charge in [0.15, 0.2) is 0 Å². The van der Waals surface area contributed by atoms with E-state index >= 15 is 0 Å². The summed E-state index contributed by atoms with van der Waals surface area (Å²) in [5.74, 6) is 0.838. The second-order valence-corrected chi connectivity index (χ2v) is 6.51. The monoisotopic (exact) mass is 283 g/mol. The van der Waals surface area contributed by atoms with Crippen molar-refractivity contribution in [2.24, 2.45) is 17.6 Å². The Bertz CT molecular complexity index is 335. The summed E-state index contributed by atoms with van der Waals surface area (Å²) in [5, 5.41) is 9.50. The second kappa shape index (κ2) is 6.87. The second-order valence-electron chi connectivity index (χ2n) is 6.51. The molecule has 4 atom stereocenters. The first-order valence-electron chi connectivity index (χ1n) is 7.94. The molecule has 1 amide bonds. The third-order valence-electron chi connectivity index (χ3n) is 4.85. The Morgan fingerprint density at radius 3 is 2.75 bits per heavy atom. The summed E-state index contributed by atoms with van der Waals surface area (Å²) in [4.78, 5) is 16.9. The smallest absolute Gasteiger partial charge is 0.226 e. The Morgan fingerprint density at radius 1 is 1.40 bits per heavy atom. The van der Waals surface area contributed by atoms with Crippen LogP contribution in [0.3, 0.4) is 0 Å². The van der Waals surface area contributed by atoms with Gasteiger partial charge in [0, 0.05) is 38.1 Å². The predicted molar refractivity (Wildman–Crippen MR) is 79.2 cm³/mol. The van der Waals surface area contributed by atoms with Gasteiger partial charge in [0.05, 0.1) is 6.10 Å². The van der Waals surface area contributed by atoms with Crippen LogP contribution in [0.4, 0.5) is 0 Å². The number of amides is 1. The fourth-order valence-corrected chi connectivity index (χ4v) is 3.68. The highest BCUT2D eigenvalue weighted by molar-refractivity contribution is 5.79. The van der Waals surface area contributed by atoms with Crippen molar-refractivity contribution in [3.63, 3.8) is 0 Å². The summed E-state index contributed by atoms with van der Waals surface area (Å²) in [6.45, 7) is 7.69. The first kappa shape index (κ1) is 15.7. The lowest BCUT2D eigenvalue weighted by atomic mass is 9.94. The Hall–Kier alpha value is -0.650. The topological polar surface area (TPSA) is 69.8 Å². The van der Waals surface area contributed by atoms with E-state index in [9.17, 15) is 9.90 Å². The molecule has 0 radical (unpaired) electrons. The molecule has 0 aromatic carbocycles. The summed E-state index contributed by atoms with van der Waals surface area (Å²) >= 11 is 0. The number of hydrogen-bond acceptors (Lipinski definition) is 4. The summed E-state index contributed by atoms with van der Waals surface area (Å²) in [6.07, 6.45) is 2.93. The number of aliphatic hydroxyl groups is 1. The number of nitrogens with zero attached hydrogens (tertiary/aromatic N) is 2.